The third-order valence-electron chi connectivity index (χ3n) is 2.98. The molecule has 6 heteroatoms. The van der Waals surface area contributed by atoms with Crippen LogP contribution in [0, 0.1) is 6.92 Å². The van der Waals surface area contributed by atoms with Crippen molar-refractivity contribution >= 4 is 35.0 Å². The van der Waals surface area contributed by atoms with Crippen molar-refractivity contribution < 1.29 is 0 Å². The lowest BCUT2D eigenvalue weighted by atomic mass is 10.1. The summed E-state index contributed by atoms with van der Waals surface area (Å²) in [6.45, 7) is 6.81. The average Bonchev–Trinajstić information content (AvgIpc) is 2.40. The largest absolute Gasteiger partial charge is 0.368 e. The first-order valence-electron chi connectivity index (χ1n) is 7.24. The minimum absolute atomic E-state index is 0.329. The molecule has 0 bridgehead atoms. The van der Waals surface area contributed by atoms with E-state index in [1.165, 1.54) is 0 Å². The van der Waals surface area contributed by atoms with Crippen LogP contribution >= 0.6 is 23.2 Å². The lowest BCUT2D eigenvalue weighted by Crippen LogP contribution is -2.14. The second-order valence-corrected chi connectivity index (χ2v) is 6.27. The Bertz CT molecular complexity index is 644. The Kier molecular flexibility index (Phi) is 5.86. The zero-order valence-electron chi connectivity index (χ0n) is 13.0. The minimum Gasteiger partial charge on any atom is -0.368 e. The van der Waals surface area contributed by atoms with Crippen LogP contribution in [0.5, 0.6) is 0 Å². The van der Waals surface area contributed by atoms with E-state index in [4.69, 9.17) is 23.2 Å². The Morgan fingerprint density at radius 2 is 1.91 bits per heavy atom. The molecular formula is C16H20Cl2N4. The number of aryl methyl sites for hydroxylation is 1. The summed E-state index contributed by atoms with van der Waals surface area (Å²) in [6.07, 6.45) is 0.778. The molecule has 0 fully saturated rings. The van der Waals surface area contributed by atoms with Gasteiger partial charge in [-0.25, -0.2) is 4.98 Å². The molecule has 22 heavy (non-hydrogen) atoms. The molecule has 0 atom stereocenters. The summed E-state index contributed by atoms with van der Waals surface area (Å²) in [5, 5.41) is 7.85. The normalized spacial score (nSPS) is 10.8. The van der Waals surface area contributed by atoms with Gasteiger partial charge >= 0.3 is 0 Å². The molecule has 0 spiro atoms. The Morgan fingerprint density at radius 3 is 2.59 bits per heavy atom. The van der Waals surface area contributed by atoms with Gasteiger partial charge in [-0.05, 0) is 44.9 Å². The molecule has 0 aliphatic heterocycles. The molecule has 0 aliphatic rings. The highest BCUT2D eigenvalue weighted by Crippen LogP contribution is 2.21. The Balaban J connectivity index is 1.97. The molecule has 1 aromatic carbocycles. The van der Waals surface area contributed by atoms with E-state index in [1.807, 2.05) is 25.1 Å². The molecule has 0 saturated carbocycles. The predicted molar refractivity (Wildman–Crippen MR) is 94.2 cm³/mol. The van der Waals surface area contributed by atoms with Crippen LogP contribution in [0.4, 0.5) is 11.8 Å². The molecule has 1 heterocycles. The molecular weight excluding hydrogens is 319 g/mol. The summed E-state index contributed by atoms with van der Waals surface area (Å²) in [6, 6.07) is 7.80. The van der Waals surface area contributed by atoms with Crippen molar-refractivity contribution in [2.75, 3.05) is 17.2 Å². The molecule has 0 radical (unpaired) electrons. The first kappa shape index (κ1) is 16.8. The van der Waals surface area contributed by atoms with Crippen LogP contribution in [-0.4, -0.2) is 22.6 Å². The van der Waals surface area contributed by atoms with Gasteiger partial charge in [0.15, 0.2) is 0 Å². The highest BCUT2D eigenvalue weighted by molar-refractivity contribution is 6.35. The van der Waals surface area contributed by atoms with Crippen molar-refractivity contribution in [2.24, 2.45) is 0 Å². The molecule has 0 amide bonds. The average molecular weight is 339 g/mol. The lowest BCUT2D eigenvalue weighted by Gasteiger charge is -2.12. The summed E-state index contributed by atoms with van der Waals surface area (Å²) in [5.74, 6) is 1.45. The van der Waals surface area contributed by atoms with Crippen molar-refractivity contribution in [3.05, 3.63) is 45.6 Å². The van der Waals surface area contributed by atoms with E-state index in [0.717, 1.165) is 23.5 Å². The molecule has 118 valence electrons. The maximum Gasteiger partial charge on any atom is 0.224 e. The highest BCUT2D eigenvalue weighted by atomic mass is 35.5. The Morgan fingerprint density at radius 1 is 1.14 bits per heavy atom. The number of rotatable bonds is 6. The molecule has 2 N–H and O–H groups in total. The molecule has 4 nitrogen and oxygen atoms in total. The summed E-state index contributed by atoms with van der Waals surface area (Å²) >= 11 is 12.1. The van der Waals surface area contributed by atoms with Crippen LogP contribution in [0.3, 0.4) is 0 Å². The molecule has 0 saturated heterocycles. The number of hydrogen-bond donors (Lipinski definition) is 2. The maximum absolute atomic E-state index is 6.17. The Labute approximate surface area is 141 Å². The fourth-order valence-electron chi connectivity index (χ4n) is 2.05. The first-order chi connectivity index (χ1) is 10.4. The monoisotopic (exact) mass is 338 g/mol. The van der Waals surface area contributed by atoms with E-state index >= 15 is 0 Å². The van der Waals surface area contributed by atoms with Gasteiger partial charge in [0.2, 0.25) is 5.95 Å². The van der Waals surface area contributed by atoms with E-state index in [2.05, 4.69) is 34.4 Å². The van der Waals surface area contributed by atoms with E-state index in [-0.39, 0.29) is 0 Å². The highest BCUT2D eigenvalue weighted by Gasteiger charge is 2.05. The van der Waals surface area contributed by atoms with Gasteiger partial charge in [0.25, 0.3) is 0 Å². The SMILES string of the molecule is Cc1cc(NC(C)C)nc(NCCc2ccc(Cl)cc2Cl)n1. The lowest BCUT2D eigenvalue weighted by molar-refractivity contribution is 0.882. The summed E-state index contributed by atoms with van der Waals surface area (Å²) in [4.78, 5) is 8.85. The van der Waals surface area contributed by atoms with Crippen molar-refractivity contribution in [1.82, 2.24) is 9.97 Å². The number of benzene rings is 1. The minimum atomic E-state index is 0.329. The van der Waals surface area contributed by atoms with Crippen molar-refractivity contribution in [3.8, 4) is 0 Å². The second kappa shape index (κ2) is 7.65. The van der Waals surface area contributed by atoms with Gasteiger partial charge in [-0.3, -0.25) is 0 Å². The number of nitrogens with zero attached hydrogens (tertiary/aromatic N) is 2. The van der Waals surface area contributed by atoms with Gasteiger partial charge in [-0.15, -0.1) is 0 Å². The van der Waals surface area contributed by atoms with E-state index in [9.17, 15) is 0 Å². The maximum atomic E-state index is 6.17. The quantitative estimate of drug-likeness (QED) is 0.810. The van der Waals surface area contributed by atoms with Crippen LogP contribution in [0.2, 0.25) is 10.0 Å². The fourth-order valence-corrected chi connectivity index (χ4v) is 2.55. The molecule has 0 unspecified atom stereocenters. The Hall–Kier alpha value is -1.52. The van der Waals surface area contributed by atoms with Gasteiger partial charge < -0.3 is 10.6 Å². The predicted octanol–water partition coefficient (Wildman–Crippen LogP) is 4.57. The molecule has 2 rings (SSSR count). The molecule has 1 aromatic heterocycles. The van der Waals surface area contributed by atoms with E-state index in [0.29, 0.717) is 28.6 Å². The van der Waals surface area contributed by atoms with Crippen molar-refractivity contribution in [1.29, 1.82) is 0 Å². The third kappa shape index (κ3) is 5.04. The van der Waals surface area contributed by atoms with Crippen LogP contribution in [0.1, 0.15) is 25.1 Å². The smallest absolute Gasteiger partial charge is 0.224 e. The third-order valence-corrected chi connectivity index (χ3v) is 3.57. The zero-order valence-corrected chi connectivity index (χ0v) is 14.5. The van der Waals surface area contributed by atoms with E-state index in [1.54, 1.807) is 6.07 Å². The fraction of sp³-hybridized carbons (Fsp3) is 0.375. The first-order valence-corrected chi connectivity index (χ1v) is 7.99. The van der Waals surface area contributed by atoms with Crippen LogP contribution < -0.4 is 10.6 Å². The molecule has 2 aromatic rings. The van der Waals surface area contributed by atoms with Gasteiger partial charge in [0, 0.05) is 34.4 Å². The van der Waals surface area contributed by atoms with Crippen LogP contribution in [0.15, 0.2) is 24.3 Å². The summed E-state index contributed by atoms with van der Waals surface area (Å²) in [5.41, 5.74) is 1.97. The number of anilines is 2. The topological polar surface area (TPSA) is 49.8 Å². The second-order valence-electron chi connectivity index (χ2n) is 5.43. The molecule has 0 aliphatic carbocycles. The van der Waals surface area contributed by atoms with Crippen molar-refractivity contribution in [2.45, 2.75) is 33.2 Å². The van der Waals surface area contributed by atoms with Crippen LogP contribution in [0.25, 0.3) is 0 Å². The standard InChI is InChI=1S/C16H20Cl2N4/c1-10(2)20-15-8-11(3)21-16(22-15)19-7-6-12-4-5-13(17)9-14(12)18/h4-5,8-10H,6-7H2,1-3H3,(H2,19,20,21,22). The summed E-state index contributed by atoms with van der Waals surface area (Å²) in [7, 11) is 0. The van der Waals surface area contributed by atoms with Crippen molar-refractivity contribution in [3.63, 3.8) is 0 Å². The zero-order chi connectivity index (χ0) is 16.1. The number of nitrogens with one attached hydrogen (secondary N) is 2. The number of aromatic nitrogens is 2. The van der Waals surface area contributed by atoms with Crippen LogP contribution in [-0.2, 0) is 6.42 Å². The van der Waals surface area contributed by atoms with E-state index < -0.39 is 0 Å². The number of hydrogen-bond acceptors (Lipinski definition) is 4. The summed E-state index contributed by atoms with van der Waals surface area (Å²) < 4.78 is 0. The van der Waals surface area contributed by atoms with Gasteiger partial charge in [-0.1, -0.05) is 29.3 Å². The number of halogens is 2. The van der Waals surface area contributed by atoms with Gasteiger partial charge in [-0.2, -0.15) is 4.98 Å². The van der Waals surface area contributed by atoms with Gasteiger partial charge in [0.05, 0.1) is 0 Å². The van der Waals surface area contributed by atoms with Gasteiger partial charge in [0.1, 0.15) is 5.82 Å².